The van der Waals surface area contributed by atoms with Gasteiger partial charge in [-0.3, -0.25) is 0 Å². The van der Waals surface area contributed by atoms with Crippen molar-refractivity contribution in [2.24, 2.45) is 0 Å². The summed E-state index contributed by atoms with van der Waals surface area (Å²) in [6.45, 7) is 4.65. The molecule has 59 heavy (non-hydrogen) atoms. The molecular weight excluding hydrogens is 719 g/mol. The zero-order valence-electron chi connectivity index (χ0n) is 32.6. The highest BCUT2D eigenvalue weighted by Gasteiger charge is 2.53. The minimum absolute atomic E-state index is 0.323. The average molecular weight is 756 g/mol. The molecule has 0 atom stereocenters. The molecule has 278 valence electrons. The van der Waals surface area contributed by atoms with E-state index in [9.17, 15) is 0 Å². The molecule has 9 aromatic rings. The fourth-order valence-electron chi connectivity index (χ4n) is 10.2. The van der Waals surface area contributed by atoms with E-state index in [1.165, 1.54) is 33.4 Å². The Kier molecular flexibility index (Phi) is 7.16. The smallest absolute Gasteiger partial charge is 0.164 e. The fraction of sp³-hybridized carbons (Fsp3) is 0.0727. The molecule has 8 aromatic carbocycles. The lowest BCUT2D eigenvalue weighted by Crippen LogP contribution is -2.32. The van der Waals surface area contributed by atoms with E-state index in [4.69, 9.17) is 19.7 Å². The summed E-state index contributed by atoms with van der Waals surface area (Å²) in [6, 6.07) is 66.8. The van der Waals surface area contributed by atoms with Crippen molar-refractivity contribution in [3.63, 3.8) is 0 Å². The number of benzene rings is 8. The minimum Gasteiger partial charge on any atom is -0.456 e. The van der Waals surface area contributed by atoms with Gasteiger partial charge in [0.1, 0.15) is 11.5 Å². The highest BCUT2D eigenvalue weighted by molar-refractivity contribution is 5.98. The molecular formula is C55H37N3O. The second kappa shape index (κ2) is 12.5. The second-order valence-corrected chi connectivity index (χ2v) is 16.3. The summed E-state index contributed by atoms with van der Waals surface area (Å²) >= 11 is 0. The van der Waals surface area contributed by atoms with Crippen molar-refractivity contribution in [1.29, 1.82) is 0 Å². The van der Waals surface area contributed by atoms with Gasteiger partial charge in [-0.2, -0.15) is 0 Å². The standard InChI is InChI=1S/C55H37N3O/c1-54(2)44-29-16-25-40(53-57-51(35-19-7-4-8-20-35)56-52(58-53)37-22-15-21-36(33-37)34-17-5-3-6-18-34)48(44)49-45(54)31-32-46-50(49)59-47-30-14-13-28-43(47)55(46)41-26-11-9-23-38(41)39-24-10-12-27-42(39)55/h3-33H,1-2H3. The lowest BCUT2D eigenvalue weighted by Gasteiger charge is -2.40. The normalized spacial score (nSPS) is 14.3. The number of hydrogen-bond donors (Lipinski definition) is 0. The van der Waals surface area contributed by atoms with Gasteiger partial charge in [-0.25, -0.2) is 15.0 Å². The zero-order valence-corrected chi connectivity index (χ0v) is 32.6. The molecule has 0 fully saturated rings. The van der Waals surface area contributed by atoms with Crippen LogP contribution >= 0.6 is 0 Å². The molecule has 4 heteroatoms. The fourth-order valence-corrected chi connectivity index (χ4v) is 10.2. The van der Waals surface area contributed by atoms with E-state index in [1.807, 2.05) is 24.3 Å². The lowest BCUT2D eigenvalue weighted by atomic mass is 9.65. The number of fused-ring (bicyclic) bond motifs is 13. The summed E-state index contributed by atoms with van der Waals surface area (Å²) in [5.41, 5.74) is 16.2. The van der Waals surface area contributed by atoms with Crippen molar-refractivity contribution in [2.75, 3.05) is 0 Å². The van der Waals surface area contributed by atoms with Crippen molar-refractivity contribution in [3.05, 3.63) is 221 Å². The van der Waals surface area contributed by atoms with Crippen LogP contribution in [0.2, 0.25) is 0 Å². The Hall–Kier alpha value is -7.43. The van der Waals surface area contributed by atoms with Crippen LogP contribution in [0.3, 0.4) is 0 Å². The van der Waals surface area contributed by atoms with E-state index in [0.717, 1.165) is 61.6 Å². The maximum atomic E-state index is 7.27. The summed E-state index contributed by atoms with van der Waals surface area (Å²) in [4.78, 5) is 15.8. The Balaban J connectivity index is 1.13. The van der Waals surface area contributed by atoms with Crippen LogP contribution in [0, 0.1) is 0 Å². The number of para-hydroxylation sites is 1. The van der Waals surface area contributed by atoms with Gasteiger partial charge in [0.2, 0.25) is 0 Å². The van der Waals surface area contributed by atoms with Crippen LogP contribution in [0.4, 0.5) is 0 Å². The van der Waals surface area contributed by atoms with Crippen molar-refractivity contribution >= 4 is 0 Å². The summed E-state index contributed by atoms with van der Waals surface area (Å²) < 4.78 is 7.27. The molecule has 0 N–H and O–H groups in total. The van der Waals surface area contributed by atoms with E-state index in [0.29, 0.717) is 17.5 Å². The quantitative estimate of drug-likeness (QED) is 0.179. The van der Waals surface area contributed by atoms with Crippen molar-refractivity contribution < 1.29 is 4.74 Å². The number of nitrogens with zero attached hydrogens (tertiary/aromatic N) is 3. The third kappa shape index (κ3) is 4.74. The van der Waals surface area contributed by atoms with Crippen LogP contribution in [0.1, 0.15) is 47.2 Å². The monoisotopic (exact) mass is 755 g/mol. The van der Waals surface area contributed by atoms with Crippen LogP contribution in [-0.4, -0.2) is 15.0 Å². The molecule has 2 aliphatic carbocycles. The second-order valence-electron chi connectivity index (χ2n) is 16.3. The topological polar surface area (TPSA) is 47.9 Å². The van der Waals surface area contributed by atoms with Gasteiger partial charge in [0.25, 0.3) is 0 Å². The van der Waals surface area contributed by atoms with Crippen LogP contribution < -0.4 is 4.74 Å². The van der Waals surface area contributed by atoms with Gasteiger partial charge in [0.05, 0.1) is 5.41 Å². The first-order chi connectivity index (χ1) is 29.0. The number of rotatable bonds is 4. The number of aromatic nitrogens is 3. The largest absolute Gasteiger partial charge is 0.456 e. The molecule has 2 heterocycles. The SMILES string of the molecule is CC1(C)c2cccc(-c3nc(-c4ccccc4)nc(-c4cccc(-c5ccccc5)c4)n3)c2-c2c1ccc1c2Oc2ccccc2C12c1ccccc1-c1ccccc12. The molecule has 0 amide bonds. The molecule has 0 unspecified atom stereocenters. The molecule has 1 spiro atoms. The van der Waals surface area contributed by atoms with Crippen molar-refractivity contribution in [2.45, 2.75) is 24.7 Å². The first-order valence-electron chi connectivity index (χ1n) is 20.3. The van der Waals surface area contributed by atoms with Crippen LogP contribution in [0.15, 0.2) is 188 Å². The Morgan fingerprint density at radius 3 is 1.58 bits per heavy atom. The van der Waals surface area contributed by atoms with Crippen molar-refractivity contribution in [1.82, 2.24) is 15.0 Å². The third-order valence-corrected chi connectivity index (χ3v) is 12.8. The first kappa shape index (κ1) is 33.7. The van der Waals surface area contributed by atoms with Gasteiger partial charge in [0.15, 0.2) is 17.5 Å². The van der Waals surface area contributed by atoms with Crippen LogP contribution in [0.25, 0.3) is 67.5 Å². The van der Waals surface area contributed by atoms with Crippen molar-refractivity contribution in [3.8, 4) is 79.0 Å². The van der Waals surface area contributed by atoms with Gasteiger partial charge in [-0.05, 0) is 56.6 Å². The first-order valence-corrected chi connectivity index (χ1v) is 20.3. The Labute approximate surface area is 343 Å². The van der Waals surface area contributed by atoms with Gasteiger partial charge in [0, 0.05) is 44.4 Å². The molecule has 4 nitrogen and oxygen atoms in total. The maximum Gasteiger partial charge on any atom is 0.164 e. The Bertz CT molecular complexity index is 3120. The summed E-state index contributed by atoms with van der Waals surface area (Å²) in [5.74, 6) is 3.64. The zero-order chi connectivity index (χ0) is 39.3. The van der Waals surface area contributed by atoms with E-state index in [-0.39, 0.29) is 5.41 Å². The molecule has 0 saturated carbocycles. The minimum atomic E-state index is -0.571. The van der Waals surface area contributed by atoms with E-state index >= 15 is 0 Å². The average Bonchev–Trinajstić information content (AvgIpc) is 3.73. The maximum absolute atomic E-state index is 7.27. The molecule has 3 aliphatic rings. The highest BCUT2D eigenvalue weighted by Crippen LogP contribution is 2.66. The van der Waals surface area contributed by atoms with E-state index < -0.39 is 5.41 Å². The van der Waals surface area contributed by atoms with Gasteiger partial charge in [-0.1, -0.05) is 190 Å². The highest BCUT2D eigenvalue weighted by atomic mass is 16.5. The van der Waals surface area contributed by atoms with Crippen LogP contribution in [-0.2, 0) is 10.8 Å². The molecule has 0 radical (unpaired) electrons. The number of hydrogen-bond acceptors (Lipinski definition) is 4. The molecule has 0 saturated heterocycles. The Morgan fingerprint density at radius 2 is 0.847 bits per heavy atom. The molecule has 12 rings (SSSR count). The van der Waals surface area contributed by atoms with Gasteiger partial charge >= 0.3 is 0 Å². The lowest BCUT2D eigenvalue weighted by molar-refractivity contribution is 0.437. The molecule has 1 aliphatic heterocycles. The third-order valence-electron chi connectivity index (χ3n) is 12.8. The van der Waals surface area contributed by atoms with E-state index in [1.54, 1.807) is 0 Å². The Morgan fingerprint density at radius 1 is 0.356 bits per heavy atom. The predicted molar refractivity (Wildman–Crippen MR) is 237 cm³/mol. The molecule has 0 bridgehead atoms. The number of ether oxygens (including phenoxy) is 1. The molecule has 1 aromatic heterocycles. The van der Waals surface area contributed by atoms with Gasteiger partial charge < -0.3 is 4.74 Å². The van der Waals surface area contributed by atoms with Gasteiger partial charge in [-0.15, -0.1) is 0 Å². The predicted octanol–water partition coefficient (Wildman–Crippen LogP) is 13.3. The summed E-state index contributed by atoms with van der Waals surface area (Å²) in [5, 5.41) is 0. The summed E-state index contributed by atoms with van der Waals surface area (Å²) in [6.07, 6.45) is 0. The van der Waals surface area contributed by atoms with Crippen LogP contribution in [0.5, 0.6) is 11.5 Å². The van der Waals surface area contributed by atoms with E-state index in [2.05, 4.69) is 178 Å². The summed E-state index contributed by atoms with van der Waals surface area (Å²) in [7, 11) is 0.